The van der Waals surface area contributed by atoms with Gasteiger partial charge in [-0.15, -0.1) is 0 Å². The van der Waals surface area contributed by atoms with E-state index in [1.807, 2.05) is 0 Å². The quantitative estimate of drug-likeness (QED) is 0.822. The van der Waals surface area contributed by atoms with Crippen LogP contribution in [-0.2, 0) is 0 Å². The molecule has 0 amide bonds. The molecule has 1 aromatic heterocycles. The van der Waals surface area contributed by atoms with Crippen molar-refractivity contribution in [2.45, 2.75) is 0 Å². The van der Waals surface area contributed by atoms with E-state index in [0.29, 0.717) is 0 Å². The van der Waals surface area contributed by atoms with E-state index >= 15 is 0 Å². The largest absolute Gasteiger partial charge is 0.477 e. The molecule has 2 N–H and O–H groups in total. The molecule has 1 aromatic carbocycles. The number of hydrogen-bond acceptors (Lipinski definition) is 1. The smallest absolute Gasteiger partial charge is 0.352 e. The molecule has 16 heavy (non-hydrogen) atoms. The number of hydrogen-bond donors (Lipinski definition) is 2. The molecule has 0 spiro atoms. The van der Waals surface area contributed by atoms with E-state index in [-0.39, 0.29) is 16.8 Å². The Morgan fingerprint density at radius 3 is 2.62 bits per heavy atom. The lowest BCUT2D eigenvalue weighted by molar-refractivity contribution is 0.0692. The minimum Gasteiger partial charge on any atom is -0.477 e. The molecule has 3 nitrogen and oxygen atoms in total. The number of aromatic nitrogens is 1. The van der Waals surface area contributed by atoms with Crippen LogP contribution in [-0.4, -0.2) is 16.1 Å². The summed E-state index contributed by atoms with van der Waals surface area (Å²) in [6.45, 7) is 0. The molecule has 82 valence electrons. The van der Waals surface area contributed by atoms with Crippen molar-refractivity contribution < 1.29 is 18.7 Å². The Kier molecular flexibility index (Phi) is 2.44. The highest BCUT2D eigenvalue weighted by molar-refractivity contribution is 5.94. The van der Waals surface area contributed by atoms with Crippen LogP contribution >= 0.6 is 0 Å². The molecule has 0 unspecified atom stereocenters. The molecular weight excluding hydrogens is 216 g/mol. The van der Waals surface area contributed by atoms with Gasteiger partial charge in [-0.25, -0.2) is 13.6 Å². The molecule has 0 fully saturated rings. The first-order valence-electron chi connectivity index (χ1n) is 4.45. The van der Waals surface area contributed by atoms with Crippen molar-refractivity contribution in [3.05, 3.63) is 47.8 Å². The van der Waals surface area contributed by atoms with Crippen LogP contribution in [0.3, 0.4) is 0 Å². The summed E-state index contributed by atoms with van der Waals surface area (Å²) in [5.41, 5.74) is -0.104. The first-order chi connectivity index (χ1) is 7.59. The third-order valence-electron chi connectivity index (χ3n) is 2.18. The predicted molar refractivity (Wildman–Crippen MR) is 53.1 cm³/mol. The van der Waals surface area contributed by atoms with Gasteiger partial charge in [-0.2, -0.15) is 0 Å². The van der Waals surface area contributed by atoms with Gasteiger partial charge < -0.3 is 10.1 Å². The van der Waals surface area contributed by atoms with Crippen LogP contribution < -0.4 is 0 Å². The third-order valence-corrected chi connectivity index (χ3v) is 2.18. The van der Waals surface area contributed by atoms with E-state index in [2.05, 4.69) is 4.98 Å². The zero-order valence-corrected chi connectivity index (χ0v) is 8.00. The molecule has 0 saturated heterocycles. The number of aromatic carboxylic acids is 1. The van der Waals surface area contributed by atoms with Gasteiger partial charge in [-0.3, -0.25) is 0 Å². The fourth-order valence-electron chi connectivity index (χ4n) is 1.47. The van der Waals surface area contributed by atoms with Gasteiger partial charge in [0.25, 0.3) is 0 Å². The molecule has 0 aliphatic heterocycles. The highest BCUT2D eigenvalue weighted by Crippen LogP contribution is 2.26. The number of H-pyrrole nitrogens is 1. The fraction of sp³-hybridized carbons (Fsp3) is 0. The average Bonchev–Trinajstić information content (AvgIpc) is 2.70. The number of nitrogens with one attached hydrogen (secondary N) is 1. The molecule has 0 atom stereocenters. The Morgan fingerprint density at radius 1 is 1.19 bits per heavy atom. The lowest BCUT2D eigenvalue weighted by atomic mass is 10.1. The molecular formula is C11H7F2NO2. The Morgan fingerprint density at radius 2 is 1.94 bits per heavy atom. The summed E-state index contributed by atoms with van der Waals surface area (Å²) in [5.74, 6) is -2.50. The summed E-state index contributed by atoms with van der Waals surface area (Å²) >= 11 is 0. The predicted octanol–water partition coefficient (Wildman–Crippen LogP) is 2.66. The van der Waals surface area contributed by atoms with E-state index in [1.54, 1.807) is 0 Å². The summed E-state index contributed by atoms with van der Waals surface area (Å²) in [6, 6.07) is 4.29. The standard InChI is InChI=1S/C11H7F2NO2/c12-6-1-2-9(13)8(5-6)7-3-4-14-10(7)11(15)16/h1-5,14H,(H,15,16). The van der Waals surface area contributed by atoms with Gasteiger partial charge in [-0.1, -0.05) is 0 Å². The van der Waals surface area contributed by atoms with Gasteiger partial charge in [0, 0.05) is 17.3 Å². The van der Waals surface area contributed by atoms with Gasteiger partial charge in [0.05, 0.1) is 0 Å². The SMILES string of the molecule is O=C(O)c1[nH]ccc1-c1cc(F)ccc1F. The third kappa shape index (κ3) is 1.67. The van der Waals surface area contributed by atoms with Crippen LogP contribution in [0.15, 0.2) is 30.5 Å². The van der Waals surface area contributed by atoms with Crippen molar-refractivity contribution >= 4 is 5.97 Å². The molecule has 1 heterocycles. The topological polar surface area (TPSA) is 53.1 Å². The van der Waals surface area contributed by atoms with Gasteiger partial charge >= 0.3 is 5.97 Å². The van der Waals surface area contributed by atoms with Crippen molar-refractivity contribution in [2.75, 3.05) is 0 Å². The number of carboxylic acids is 1. The van der Waals surface area contributed by atoms with Crippen LogP contribution in [0.1, 0.15) is 10.5 Å². The molecule has 0 aliphatic rings. The summed E-state index contributed by atoms with van der Waals surface area (Å²) in [6.07, 6.45) is 1.36. The highest BCUT2D eigenvalue weighted by atomic mass is 19.1. The van der Waals surface area contributed by atoms with Crippen LogP contribution in [0, 0.1) is 11.6 Å². The second-order valence-electron chi connectivity index (χ2n) is 3.20. The summed E-state index contributed by atoms with van der Waals surface area (Å²) in [5, 5.41) is 8.83. The van der Waals surface area contributed by atoms with E-state index < -0.39 is 17.6 Å². The Balaban J connectivity index is 2.62. The van der Waals surface area contributed by atoms with Gasteiger partial charge in [0.2, 0.25) is 0 Å². The Bertz CT molecular complexity index is 549. The number of aromatic amines is 1. The second-order valence-corrected chi connectivity index (χ2v) is 3.20. The van der Waals surface area contributed by atoms with Gasteiger partial charge in [0.15, 0.2) is 0 Å². The summed E-state index contributed by atoms with van der Waals surface area (Å²) in [7, 11) is 0. The zero-order valence-electron chi connectivity index (χ0n) is 8.00. The Hall–Kier alpha value is -2.17. The second kappa shape index (κ2) is 3.77. The molecule has 0 bridgehead atoms. The van der Waals surface area contributed by atoms with Crippen LogP contribution in [0.4, 0.5) is 8.78 Å². The van der Waals surface area contributed by atoms with E-state index in [0.717, 1.165) is 18.2 Å². The lowest BCUT2D eigenvalue weighted by Gasteiger charge is -2.02. The number of halogens is 2. The Labute approximate surface area is 89.3 Å². The maximum absolute atomic E-state index is 13.4. The highest BCUT2D eigenvalue weighted by Gasteiger charge is 2.16. The van der Waals surface area contributed by atoms with Crippen molar-refractivity contribution in [1.82, 2.24) is 4.98 Å². The normalized spacial score (nSPS) is 10.4. The number of carbonyl (C=O) groups is 1. The number of rotatable bonds is 2. The molecule has 2 aromatic rings. The molecule has 0 radical (unpaired) electrons. The minimum absolute atomic E-state index is 0.0707. The molecule has 5 heteroatoms. The van der Waals surface area contributed by atoms with Crippen molar-refractivity contribution in [3.8, 4) is 11.1 Å². The molecule has 0 aliphatic carbocycles. The number of carboxylic acid groups (broad SMARTS) is 1. The first kappa shape index (κ1) is 10.4. The van der Waals surface area contributed by atoms with Crippen LogP contribution in [0.5, 0.6) is 0 Å². The van der Waals surface area contributed by atoms with Crippen molar-refractivity contribution in [1.29, 1.82) is 0 Å². The van der Waals surface area contributed by atoms with E-state index in [9.17, 15) is 13.6 Å². The van der Waals surface area contributed by atoms with Crippen molar-refractivity contribution in [2.24, 2.45) is 0 Å². The monoisotopic (exact) mass is 223 g/mol. The van der Waals surface area contributed by atoms with E-state index in [4.69, 9.17) is 5.11 Å². The number of benzene rings is 1. The van der Waals surface area contributed by atoms with Crippen molar-refractivity contribution in [3.63, 3.8) is 0 Å². The summed E-state index contributed by atoms with van der Waals surface area (Å²) in [4.78, 5) is 13.3. The maximum atomic E-state index is 13.4. The maximum Gasteiger partial charge on any atom is 0.352 e. The fourth-order valence-corrected chi connectivity index (χ4v) is 1.47. The molecule has 2 rings (SSSR count). The first-order valence-corrected chi connectivity index (χ1v) is 4.45. The van der Waals surface area contributed by atoms with Gasteiger partial charge in [-0.05, 0) is 24.3 Å². The summed E-state index contributed by atoms with van der Waals surface area (Å²) < 4.78 is 26.4. The zero-order chi connectivity index (χ0) is 11.7. The average molecular weight is 223 g/mol. The van der Waals surface area contributed by atoms with Crippen LogP contribution in [0.25, 0.3) is 11.1 Å². The minimum atomic E-state index is -1.22. The molecule has 0 saturated carbocycles. The van der Waals surface area contributed by atoms with Gasteiger partial charge in [0.1, 0.15) is 17.3 Å². The van der Waals surface area contributed by atoms with E-state index in [1.165, 1.54) is 12.3 Å². The lowest BCUT2D eigenvalue weighted by Crippen LogP contribution is -1.99. The van der Waals surface area contributed by atoms with Crippen LogP contribution in [0.2, 0.25) is 0 Å².